The van der Waals surface area contributed by atoms with Gasteiger partial charge in [0.2, 0.25) is 5.91 Å². The molecule has 1 fully saturated rings. The summed E-state index contributed by atoms with van der Waals surface area (Å²) in [6.45, 7) is 0. The van der Waals surface area contributed by atoms with Crippen molar-refractivity contribution in [2.24, 2.45) is 0 Å². The highest BCUT2D eigenvalue weighted by Crippen LogP contribution is 2.28. The van der Waals surface area contributed by atoms with Gasteiger partial charge >= 0.3 is 5.97 Å². The summed E-state index contributed by atoms with van der Waals surface area (Å²) in [4.78, 5) is 23.2. The van der Waals surface area contributed by atoms with Crippen LogP contribution in [0.25, 0.3) is 6.08 Å². The monoisotopic (exact) mass is 311 g/mol. The molecule has 2 N–H and O–H groups in total. The minimum atomic E-state index is -1.15. The summed E-state index contributed by atoms with van der Waals surface area (Å²) in [7, 11) is 0. The highest BCUT2D eigenvalue weighted by molar-refractivity contribution is 7.99. The molecule has 2 rings (SSSR count). The molecule has 1 atom stereocenters. The molecule has 1 aromatic rings. The Kier molecular flexibility index (Phi) is 4.73. The van der Waals surface area contributed by atoms with Crippen molar-refractivity contribution in [3.63, 3.8) is 0 Å². The Morgan fingerprint density at radius 3 is 2.75 bits per heavy atom. The van der Waals surface area contributed by atoms with E-state index >= 15 is 0 Å². The van der Waals surface area contributed by atoms with Gasteiger partial charge in [0.25, 0.3) is 0 Å². The highest BCUT2D eigenvalue weighted by Gasteiger charge is 2.42. The van der Waals surface area contributed by atoms with Crippen LogP contribution in [0, 0.1) is 0 Å². The molecule has 1 aromatic carbocycles. The van der Waals surface area contributed by atoms with Crippen LogP contribution >= 0.6 is 23.4 Å². The van der Waals surface area contributed by atoms with Gasteiger partial charge in [-0.15, -0.1) is 0 Å². The fourth-order valence-corrected chi connectivity index (χ4v) is 3.46. The summed E-state index contributed by atoms with van der Waals surface area (Å²) in [5.74, 6) is -0.272. The molecule has 20 heavy (non-hydrogen) atoms. The van der Waals surface area contributed by atoms with Crippen LogP contribution in [-0.4, -0.2) is 34.0 Å². The second-order valence-corrected chi connectivity index (χ2v) is 6.05. The number of aliphatic carboxylic acids is 1. The molecule has 4 nitrogen and oxygen atoms in total. The van der Waals surface area contributed by atoms with Crippen molar-refractivity contribution in [2.75, 3.05) is 11.5 Å². The van der Waals surface area contributed by atoms with Crippen molar-refractivity contribution in [3.05, 3.63) is 40.9 Å². The lowest BCUT2D eigenvalue weighted by atomic mass is 9.99. The first-order chi connectivity index (χ1) is 9.53. The first kappa shape index (κ1) is 14.9. The van der Waals surface area contributed by atoms with Gasteiger partial charge < -0.3 is 10.4 Å². The lowest BCUT2D eigenvalue weighted by Crippen LogP contribution is -2.54. The molecule has 1 unspecified atom stereocenters. The van der Waals surface area contributed by atoms with E-state index in [1.807, 2.05) is 6.07 Å². The second-order valence-electron chi connectivity index (χ2n) is 4.53. The number of thioether (sulfide) groups is 1. The van der Waals surface area contributed by atoms with Crippen LogP contribution in [-0.2, 0) is 9.59 Å². The SMILES string of the molecule is O=C(C=Cc1ccccc1Cl)NC1(C(=O)O)CCSC1. The zero-order valence-electron chi connectivity index (χ0n) is 10.6. The number of hydrogen-bond acceptors (Lipinski definition) is 3. The summed E-state index contributed by atoms with van der Waals surface area (Å²) in [5.41, 5.74) is -0.429. The van der Waals surface area contributed by atoms with Crippen LogP contribution in [0.3, 0.4) is 0 Å². The van der Waals surface area contributed by atoms with Crippen molar-refractivity contribution in [1.29, 1.82) is 0 Å². The van der Waals surface area contributed by atoms with Crippen molar-refractivity contribution >= 4 is 41.3 Å². The van der Waals surface area contributed by atoms with E-state index in [2.05, 4.69) is 5.32 Å². The van der Waals surface area contributed by atoms with Gasteiger partial charge in [0.15, 0.2) is 0 Å². The molecular formula is C14H14ClNO3S. The molecule has 106 valence electrons. The Hall–Kier alpha value is -1.46. The van der Waals surface area contributed by atoms with Gasteiger partial charge in [-0.25, -0.2) is 4.79 Å². The Bertz CT molecular complexity index is 553. The Morgan fingerprint density at radius 2 is 2.15 bits per heavy atom. The number of carboxylic acids is 1. The number of amides is 1. The average Bonchev–Trinajstić information content (AvgIpc) is 2.88. The lowest BCUT2D eigenvalue weighted by Gasteiger charge is -2.23. The number of carbonyl (C=O) groups is 2. The zero-order valence-corrected chi connectivity index (χ0v) is 12.2. The van der Waals surface area contributed by atoms with E-state index in [1.165, 1.54) is 17.8 Å². The van der Waals surface area contributed by atoms with Crippen LogP contribution in [0.2, 0.25) is 5.02 Å². The highest BCUT2D eigenvalue weighted by atomic mass is 35.5. The van der Waals surface area contributed by atoms with Gasteiger partial charge in [-0.3, -0.25) is 4.79 Å². The standard InChI is InChI=1S/C14H14ClNO3S/c15-11-4-2-1-3-10(11)5-6-12(17)16-14(13(18)19)7-8-20-9-14/h1-6H,7-9H2,(H,16,17)(H,18,19). The summed E-state index contributed by atoms with van der Waals surface area (Å²) in [5, 5.41) is 12.4. The third-order valence-corrected chi connectivity index (χ3v) is 4.65. The van der Waals surface area contributed by atoms with Crippen LogP contribution < -0.4 is 5.32 Å². The Morgan fingerprint density at radius 1 is 1.40 bits per heavy atom. The normalized spacial score (nSPS) is 22.1. The minimum Gasteiger partial charge on any atom is -0.479 e. The van der Waals surface area contributed by atoms with Crippen molar-refractivity contribution < 1.29 is 14.7 Å². The van der Waals surface area contributed by atoms with E-state index < -0.39 is 17.4 Å². The molecule has 1 saturated heterocycles. The quantitative estimate of drug-likeness (QED) is 0.838. The van der Waals surface area contributed by atoms with E-state index in [9.17, 15) is 14.7 Å². The van der Waals surface area contributed by atoms with Gasteiger partial charge in [0.05, 0.1) is 0 Å². The molecule has 1 heterocycles. The predicted molar refractivity (Wildman–Crippen MR) is 80.9 cm³/mol. The van der Waals surface area contributed by atoms with E-state index in [1.54, 1.807) is 24.3 Å². The van der Waals surface area contributed by atoms with Crippen molar-refractivity contribution in [2.45, 2.75) is 12.0 Å². The van der Waals surface area contributed by atoms with Crippen molar-refractivity contribution in [1.82, 2.24) is 5.32 Å². The molecule has 1 aliphatic heterocycles. The Balaban J connectivity index is 2.05. The number of halogens is 1. The predicted octanol–water partition coefficient (Wildman–Crippen LogP) is 2.43. The Labute approximate surface area is 126 Å². The van der Waals surface area contributed by atoms with Gasteiger partial charge in [0.1, 0.15) is 5.54 Å². The topological polar surface area (TPSA) is 66.4 Å². The average molecular weight is 312 g/mol. The van der Waals surface area contributed by atoms with E-state index in [0.717, 1.165) is 11.3 Å². The van der Waals surface area contributed by atoms with Gasteiger partial charge in [0, 0.05) is 16.9 Å². The number of benzene rings is 1. The largest absolute Gasteiger partial charge is 0.479 e. The summed E-state index contributed by atoms with van der Waals surface area (Å²) in [6.07, 6.45) is 3.34. The van der Waals surface area contributed by atoms with E-state index in [0.29, 0.717) is 17.2 Å². The smallest absolute Gasteiger partial charge is 0.330 e. The maximum absolute atomic E-state index is 11.9. The fraction of sp³-hybridized carbons (Fsp3) is 0.286. The molecule has 0 bridgehead atoms. The molecule has 6 heteroatoms. The summed E-state index contributed by atoms with van der Waals surface area (Å²) in [6, 6.07) is 7.13. The first-order valence-electron chi connectivity index (χ1n) is 6.09. The third kappa shape index (κ3) is 3.35. The summed E-state index contributed by atoms with van der Waals surface area (Å²) >= 11 is 7.50. The molecule has 0 aliphatic carbocycles. The number of rotatable bonds is 4. The molecule has 1 aliphatic rings. The molecule has 0 aromatic heterocycles. The number of hydrogen-bond donors (Lipinski definition) is 2. The maximum atomic E-state index is 11.9. The zero-order chi connectivity index (χ0) is 14.6. The van der Waals surface area contributed by atoms with Gasteiger partial charge in [-0.1, -0.05) is 29.8 Å². The second kappa shape index (κ2) is 6.33. The first-order valence-corrected chi connectivity index (χ1v) is 7.63. The van der Waals surface area contributed by atoms with Crippen LogP contribution in [0.4, 0.5) is 0 Å². The van der Waals surface area contributed by atoms with Crippen LogP contribution in [0.5, 0.6) is 0 Å². The van der Waals surface area contributed by atoms with Gasteiger partial charge in [-0.2, -0.15) is 11.8 Å². The van der Waals surface area contributed by atoms with Crippen LogP contribution in [0.1, 0.15) is 12.0 Å². The van der Waals surface area contributed by atoms with E-state index in [4.69, 9.17) is 11.6 Å². The number of carbonyl (C=O) groups excluding carboxylic acids is 1. The summed E-state index contributed by atoms with van der Waals surface area (Å²) < 4.78 is 0. The fourth-order valence-electron chi connectivity index (χ4n) is 1.94. The van der Waals surface area contributed by atoms with Crippen molar-refractivity contribution in [3.8, 4) is 0 Å². The molecule has 0 saturated carbocycles. The van der Waals surface area contributed by atoms with Gasteiger partial charge in [-0.05, 0) is 29.9 Å². The lowest BCUT2D eigenvalue weighted by molar-refractivity contribution is -0.145. The maximum Gasteiger partial charge on any atom is 0.330 e. The number of carboxylic acid groups (broad SMARTS) is 1. The molecule has 0 spiro atoms. The number of nitrogens with one attached hydrogen (secondary N) is 1. The minimum absolute atomic E-state index is 0.397. The third-order valence-electron chi connectivity index (χ3n) is 3.11. The van der Waals surface area contributed by atoms with E-state index in [-0.39, 0.29) is 0 Å². The molecule has 0 radical (unpaired) electrons. The molecule has 1 amide bonds. The van der Waals surface area contributed by atoms with Crippen LogP contribution in [0.15, 0.2) is 30.3 Å². The molecular weight excluding hydrogens is 298 g/mol.